The maximum absolute atomic E-state index is 13.2. The third kappa shape index (κ3) is 3.30. The molecule has 1 N–H and O–H groups in total. The van der Waals surface area contributed by atoms with Crippen LogP contribution >= 0.6 is 11.6 Å². The Kier molecular flexibility index (Phi) is 4.66. The van der Waals surface area contributed by atoms with E-state index < -0.39 is 27.2 Å². The van der Waals surface area contributed by atoms with Crippen LogP contribution in [0.2, 0.25) is 0 Å². The molecule has 0 bridgehead atoms. The van der Waals surface area contributed by atoms with E-state index in [1.807, 2.05) is 0 Å². The van der Waals surface area contributed by atoms with Crippen LogP contribution in [0, 0.1) is 11.6 Å². The lowest BCUT2D eigenvalue weighted by molar-refractivity contribution is 0.298. The number of hydrogen-bond donors (Lipinski definition) is 1. The fourth-order valence-corrected chi connectivity index (χ4v) is 4.36. The van der Waals surface area contributed by atoms with Gasteiger partial charge in [0.15, 0.2) is 11.6 Å². The summed E-state index contributed by atoms with van der Waals surface area (Å²) in [5.74, 6) is -2.10. The first-order valence-electron chi connectivity index (χ1n) is 6.44. The molecule has 7 heteroatoms. The van der Waals surface area contributed by atoms with Crippen LogP contribution in [0.5, 0.6) is 0 Å². The molecule has 0 heterocycles. The first-order valence-corrected chi connectivity index (χ1v) is 8.45. The molecule has 0 atom stereocenters. The van der Waals surface area contributed by atoms with Gasteiger partial charge in [0.25, 0.3) is 0 Å². The largest absolute Gasteiger partial charge is 0.241 e. The Balaban J connectivity index is 2.27. The Hall–Kier alpha value is -0.720. The van der Waals surface area contributed by atoms with Gasteiger partial charge in [-0.15, -0.1) is 11.6 Å². The van der Waals surface area contributed by atoms with E-state index in [-0.39, 0.29) is 10.8 Å². The Labute approximate surface area is 122 Å². The van der Waals surface area contributed by atoms with E-state index in [1.165, 1.54) is 0 Å². The first kappa shape index (κ1) is 15.7. The summed E-state index contributed by atoms with van der Waals surface area (Å²) in [5.41, 5.74) is -0.691. The third-order valence-electron chi connectivity index (χ3n) is 3.62. The zero-order valence-corrected chi connectivity index (χ0v) is 12.4. The third-order valence-corrected chi connectivity index (χ3v) is 5.71. The van der Waals surface area contributed by atoms with Gasteiger partial charge in [-0.05, 0) is 31.0 Å². The molecule has 0 radical (unpaired) electrons. The monoisotopic (exact) mass is 323 g/mol. The normalized spacial score (nSPS) is 18.9. The summed E-state index contributed by atoms with van der Waals surface area (Å²) < 4.78 is 53.2. The van der Waals surface area contributed by atoms with Gasteiger partial charge in [-0.2, -0.15) is 0 Å². The average Bonchev–Trinajstić information content (AvgIpc) is 2.42. The zero-order valence-electron chi connectivity index (χ0n) is 10.8. The van der Waals surface area contributed by atoms with Crippen molar-refractivity contribution in [2.24, 2.45) is 0 Å². The fourth-order valence-electron chi connectivity index (χ4n) is 2.48. The van der Waals surface area contributed by atoms with Crippen molar-refractivity contribution < 1.29 is 17.2 Å². The lowest BCUT2D eigenvalue weighted by atomic mass is 9.84. The highest BCUT2D eigenvalue weighted by Gasteiger charge is 2.36. The van der Waals surface area contributed by atoms with Crippen LogP contribution in [0.3, 0.4) is 0 Å². The number of alkyl halides is 1. The molecule has 1 aliphatic rings. The van der Waals surface area contributed by atoms with E-state index >= 15 is 0 Å². The molecule has 112 valence electrons. The molecule has 1 aliphatic carbocycles. The molecule has 1 fully saturated rings. The van der Waals surface area contributed by atoms with Gasteiger partial charge in [0, 0.05) is 11.4 Å². The molecule has 1 saturated carbocycles. The lowest BCUT2D eigenvalue weighted by Crippen LogP contribution is -2.51. The highest BCUT2D eigenvalue weighted by atomic mass is 35.5. The number of hydrogen-bond acceptors (Lipinski definition) is 2. The van der Waals surface area contributed by atoms with Crippen molar-refractivity contribution in [3.63, 3.8) is 0 Å². The van der Waals surface area contributed by atoms with Crippen molar-refractivity contribution in [2.45, 2.75) is 42.5 Å². The summed E-state index contributed by atoms with van der Waals surface area (Å²) in [6.07, 6.45) is 4.14. The van der Waals surface area contributed by atoms with Crippen molar-refractivity contribution in [3.8, 4) is 0 Å². The van der Waals surface area contributed by atoms with Gasteiger partial charge in [-0.25, -0.2) is 21.9 Å². The highest BCUT2D eigenvalue weighted by Crippen LogP contribution is 2.31. The highest BCUT2D eigenvalue weighted by molar-refractivity contribution is 7.89. The molecule has 1 aromatic carbocycles. The Morgan fingerprint density at radius 1 is 1.15 bits per heavy atom. The van der Waals surface area contributed by atoms with Crippen LogP contribution < -0.4 is 4.72 Å². The van der Waals surface area contributed by atoms with Crippen LogP contribution in [0.25, 0.3) is 0 Å². The Morgan fingerprint density at radius 2 is 1.80 bits per heavy atom. The van der Waals surface area contributed by atoms with E-state index in [4.69, 9.17) is 11.6 Å². The van der Waals surface area contributed by atoms with E-state index in [0.717, 1.165) is 31.4 Å². The topological polar surface area (TPSA) is 46.2 Å². The molecular formula is C13H16ClF2NO2S. The fraction of sp³-hybridized carbons (Fsp3) is 0.538. The Bertz CT molecular complexity index is 586. The van der Waals surface area contributed by atoms with Gasteiger partial charge in [-0.3, -0.25) is 0 Å². The SMILES string of the molecule is O=S(=O)(NC1(CCl)CCCCC1)c1ccc(F)c(F)c1. The van der Waals surface area contributed by atoms with Crippen molar-refractivity contribution in [3.05, 3.63) is 29.8 Å². The lowest BCUT2D eigenvalue weighted by Gasteiger charge is -2.36. The van der Waals surface area contributed by atoms with Crippen LogP contribution in [0.15, 0.2) is 23.1 Å². The van der Waals surface area contributed by atoms with Crippen LogP contribution in [0.4, 0.5) is 8.78 Å². The maximum Gasteiger partial charge on any atom is 0.241 e. The van der Waals surface area contributed by atoms with E-state index in [9.17, 15) is 17.2 Å². The summed E-state index contributed by atoms with van der Waals surface area (Å²) >= 11 is 5.93. The molecule has 0 aromatic heterocycles. The molecule has 0 amide bonds. The summed E-state index contributed by atoms with van der Waals surface area (Å²) in [6, 6.07) is 2.53. The van der Waals surface area contributed by atoms with Crippen molar-refractivity contribution >= 4 is 21.6 Å². The molecular weight excluding hydrogens is 308 g/mol. The van der Waals surface area contributed by atoms with E-state index in [0.29, 0.717) is 18.9 Å². The van der Waals surface area contributed by atoms with E-state index in [2.05, 4.69) is 4.72 Å². The quantitative estimate of drug-likeness (QED) is 0.865. The second-order valence-electron chi connectivity index (χ2n) is 5.16. The number of benzene rings is 1. The van der Waals surface area contributed by atoms with Gasteiger partial charge >= 0.3 is 0 Å². The molecule has 0 unspecified atom stereocenters. The van der Waals surface area contributed by atoms with E-state index in [1.54, 1.807) is 0 Å². The van der Waals surface area contributed by atoms with Gasteiger partial charge in [0.2, 0.25) is 10.0 Å². The number of halogens is 3. The molecule has 20 heavy (non-hydrogen) atoms. The molecule has 0 saturated heterocycles. The number of sulfonamides is 1. The minimum Gasteiger partial charge on any atom is -0.207 e. The van der Waals surface area contributed by atoms with Crippen molar-refractivity contribution in [2.75, 3.05) is 5.88 Å². The number of rotatable bonds is 4. The molecule has 0 aliphatic heterocycles. The summed E-state index contributed by atoms with van der Waals surface area (Å²) in [7, 11) is -3.91. The van der Waals surface area contributed by atoms with Gasteiger partial charge < -0.3 is 0 Å². The average molecular weight is 324 g/mol. The summed E-state index contributed by atoms with van der Waals surface area (Å²) in [6.45, 7) is 0. The van der Waals surface area contributed by atoms with Crippen molar-refractivity contribution in [1.82, 2.24) is 4.72 Å². The maximum atomic E-state index is 13.2. The van der Waals surface area contributed by atoms with Gasteiger partial charge in [0.05, 0.1) is 4.90 Å². The predicted octanol–water partition coefficient (Wildman–Crippen LogP) is 3.18. The van der Waals surface area contributed by atoms with Crippen LogP contribution in [-0.4, -0.2) is 19.8 Å². The first-order chi connectivity index (χ1) is 9.38. The minimum absolute atomic E-state index is 0.163. The van der Waals surface area contributed by atoms with Gasteiger partial charge in [0.1, 0.15) is 0 Å². The number of nitrogens with one attached hydrogen (secondary N) is 1. The second-order valence-corrected chi connectivity index (χ2v) is 7.11. The van der Waals surface area contributed by atoms with Crippen molar-refractivity contribution in [1.29, 1.82) is 0 Å². The summed E-state index contributed by atoms with van der Waals surface area (Å²) in [4.78, 5) is -0.286. The predicted molar refractivity (Wildman–Crippen MR) is 73.2 cm³/mol. The molecule has 3 nitrogen and oxygen atoms in total. The minimum atomic E-state index is -3.91. The smallest absolute Gasteiger partial charge is 0.207 e. The molecule has 0 spiro atoms. The summed E-state index contributed by atoms with van der Waals surface area (Å²) in [5, 5.41) is 0. The standard InChI is InChI=1S/C13H16ClF2NO2S/c14-9-13(6-2-1-3-7-13)17-20(18,19)10-4-5-11(15)12(16)8-10/h4-5,8,17H,1-3,6-7,9H2. The zero-order chi connectivity index (χ0) is 14.8. The second kappa shape index (κ2) is 5.95. The van der Waals surface area contributed by atoms with Crippen LogP contribution in [-0.2, 0) is 10.0 Å². The Morgan fingerprint density at radius 3 is 2.35 bits per heavy atom. The molecule has 1 aromatic rings. The van der Waals surface area contributed by atoms with Crippen LogP contribution in [0.1, 0.15) is 32.1 Å². The van der Waals surface area contributed by atoms with Gasteiger partial charge in [-0.1, -0.05) is 19.3 Å². The molecule has 2 rings (SSSR count).